The van der Waals surface area contributed by atoms with E-state index >= 15 is 0 Å². The van der Waals surface area contributed by atoms with Crippen LogP contribution >= 0.6 is 0 Å². The van der Waals surface area contributed by atoms with Gasteiger partial charge in [-0.25, -0.2) is 0 Å². The molecule has 0 aliphatic heterocycles. The Balaban J connectivity index is 1.98. The number of carbonyl (C=O) groups excluding carboxylic acids is 1. The number of hydrogen-bond donors (Lipinski definition) is 2. The molecule has 2 N–H and O–H groups in total. The number of nitrogens with zero attached hydrogens (tertiary/aromatic N) is 1. The molecular weight excluding hydrogens is 318 g/mol. The number of benzene rings is 2. The molecule has 3 rings (SSSR count). The van der Waals surface area contributed by atoms with Crippen molar-refractivity contribution in [2.75, 3.05) is 7.11 Å². The van der Waals surface area contributed by atoms with E-state index in [4.69, 9.17) is 4.74 Å². The molecule has 0 fully saturated rings. The lowest BCUT2D eigenvalue weighted by Gasteiger charge is -2.15. The fourth-order valence-corrected chi connectivity index (χ4v) is 2.69. The summed E-state index contributed by atoms with van der Waals surface area (Å²) >= 11 is 0. The first-order chi connectivity index (χ1) is 12.2. The van der Waals surface area contributed by atoms with Crippen LogP contribution in [0.25, 0.3) is 10.8 Å². The largest absolute Gasteiger partial charge is 0.496 e. The monoisotopic (exact) mass is 333 g/mol. The number of hydrogen-bond acceptors (Lipinski definition) is 4. The van der Waals surface area contributed by atoms with Crippen molar-refractivity contribution in [2.24, 2.45) is 0 Å². The highest BCUT2D eigenvalue weighted by molar-refractivity contribution is 6.06. The van der Waals surface area contributed by atoms with Gasteiger partial charge in [-0.2, -0.15) is 5.26 Å². The number of aromatic nitrogens is 1. The van der Waals surface area contributed by atoms with E-state index in [-0.39, 0.29) is 5.56 Å². The standard InChI is InChI=1S/C19H15N3O3/c1-25-17-9-5-4-8-14(17)16(10-20)22-19(24)15-11-21-18(23)13-7-3-2-6-12(13)15/h2-9,11,16H,1H3,(H,21,23)(H,22,24). The molecule has 0 saturated carbocycles. The number of ether oxygens (including phenoxy) is 1. The first kappa shape index (κ1) is 16.3. The number of nitrogens with one attached hydrogen (secondary N) is 2. The molecule has 124 valence electrons. The number of rotatable bonds is 4. The fraction of sp³-hybridized carbons (Fsp3) is 0.105. The first-order valence-corrected chi connectivity index (χ1v) is 7.59. The Morgan fingerprint density at radius 1 is 1.16 bits per heavy atom. The van der Waals surface area contributed by atoms with Gasteiger partial charge in [0.25, 0.3) is 11.5 Å². The van der Waals surface area contributed by atoms with Crippen LogP contribution in [0.2, 0.25) is 0 Å². The molecule has 0 aliphatic rings. The number of methoxy groups -OCH3 is 1. The van der Waals surface area contributed by atoms with Crippen molar-refractivity contribution >= 4 is 16.7 Å². The van der Waals surface area contributed by atoms with E-state index in [0.29, 0.717) is 27.6 Å². The molecule has 2 aromatic carbocycles. The van der Waals surface area contributed by atoms with Gasteiger partial charge in [-0.1, -0.05) is 36.4 Å². The molecule has 6 nitrogen and oxygen atoms in total. The average molecular weight is 333 g/mol. The predicted octanol–water partition coefficient (Wildman–Crippen LogP) is 2.53. The molecular formula is C19H15N3O3. The molecule has 1 aromatic heterocycles. The van der Waals surface area contributed by atoms with E-state index in [1.165, 1.54) is 13.3 Å². The van der Waals surface area contributed by atoms with Gasteiger partial charge in [0.15, 0.2) is 0 Å². The van der Waals surface area contributed by atoms with E-state index < -0.39 is 11.9 Å². The Morgan fingerprint density at radius 2 is 1.84 bits per heavy atom. The molecule has 0 radical (unpaired) electrons. The van der Waals surface area contributed by atoms with Crippen molar-refractivity contribution in [2.45, 2.75) is 6.04 Å². The molecule has 25 heavy (non-hydrogen) atoms. The smallest absolute Gasteiger partial charge is 0.255 e. The lowest BCUT2D eigenvalue weighted by atomic mass is 10.0. The maximum absolute atomic E-state index is 12.7. The summed E-state index contributed by atoms with van der Waals surface area (Å²) in [6, 6.07) is 15.0. The average Bonchev–Trinajstić information content (AvgIpc) is 2.66. The van der Waals surface area contributed by atoms with E-state index in [9.17, 15) is 14.9 Å². The number of carbonyl (C=O) groups is 1. The van der Waals surface area contributed by atoms with Crippen molar-refractivity contribution in [3.05, 3.63) is 76.2 Å². The van der Waals surface area contributed by atoms with Crippen molar-refractivity contribution in [3.8, 4) is 11.8 Å². The lowest BCUT2D eigenvalue weighted by Crippen LogP contribution is -2.28. The van der Waals surface area contributed by atoms with E-state index in [1.807, 2.05) is 0 Å². The second kappa shape index (κ2) is 6.89. The number of nitriles is 1. The minimum Gasteiger partial charge on any atom is -0.496 e. The third-order valence-electron chi connectivity index (χ3n) is 3.91. The quantitative estimate of drug-likeness (QED) is 0.767. The van der Waals surface area contributed by atoms with Crippen LogP contribution < -0.4 is 15.6 Å². The minimum atomic E-state index is -0.880. The summed E-state index contributed by atoms with van der Waals surface area (Å²) in [5, 5.41) is 13.1. The number of aromatic amines is 1. The molecule has 1 heterocycles. The topological polar surface area (TPSA) is 95.0 Å². The van der Waals surface area contributed by atoms with Crippen LogP contribution in [0.4, 0.5) is 0 Å². The zero-order valence-corrected chi connectivity index (χ0v) is 13.4. The van der Waals surface area contributed by atoms with Gasteiger partial charge in [-0.3, -0.25) is 9.59 Å². The zero-order chi connectivity index (χ0) is 17.8. The molecule has 0 spiro atoms. The van der Waals surface area contributed by atoms with Gasteiger partial charge in [0.1, 0.15) is 11.8 Å². The number of H-pyrrole nitrogens is 1. The number of fused-ring (bicyclic) bond motifs is 1. The summed E-state index contributed by atoms with van der Waals surface area (Å²) in [4.78, 5) is 27.1. The second-order valence-electron chi connectivity index (χ2n) is 5.35. The predicted molar refractivity (Wildman–Crippen MR) is 93.4 cm³/mol. The van der Waals surface area contributed by atoms with Crippen LogP contribution in [0, 0.1) is 11.3 Å². The van der Waals surface area contributed by atoms with Gasteiger partial charge < -0.3 is 15.0 Å². The van der Waals surface area contributed by atoms with Crippen LogP contribution in [0.15, 0.2) is 59.5 Å². The fourth-order valence-electron chi connectivity index (χ4n) is 2.69. The van der Waals surface area contributed by atoms with Crippen LogP contribution in [-0.2, 0) is 0 Å². The highest BCUT2D eigenvalue weighted by Gasteiger charge is 2.20. The van der Waals surface area contributed by atoms with Gasteiger partial charge in [0, 0.05) is 22.5 Å². The maximum atomic E-state index is 12.7. The van der Waals surface area contributed by atoms with E-state index in [1.54, 1.807) is 48.5 Å². The Hall–Kier alpha value is -3.59. The van der Waals surface area contributed by atoms with Crippen LogP contribution in [0.3, 0.4) is 0 Å². The third kappa shape index (κ3) is 3.08. The lowest BCUT2D eigenvalue weighted by molar-refractivity contribution is 0.0946. The summed E-state index contributed by atoms with van der Waals surface area (Å²) in [5.41, 5.74) is 0.591. The van der Waals surface area contributed by atoms with Crippen molar-refractivity contribution < 1.29 is 9.53 Å². The van der Waals surface area contributed by atoms with Crippen LogP contribution in [0.5, 0.6) is 5.75 Å². The molecule has 3 aromatic rings. The second-order valence-corrected chi connectivity index (χ2v) is 5.35. The van der Waals surface area contributed by atoms with Crippen LogP contribution in [0.1, 0.15) is 22.0 Å². The molecule has 0 saturated heterocycles. The molecule has 0 aliphatic carbocycles. The van der Waals surface area contributed by atoms with Gasteiger partial charge >= 0.3 is 0 Å². The van der Waals surface area contributed by atoms with Crippen LogP contribution in [-0.4, -0.2) is 18.0 Å². The normalized spacial score (nSPS) is 11.5. The van der Waals surface area contributed by atoms with E-state index in [0.717, 1.165) is 0 Å². The molecule has 1 unspecified atom stereocenters. The third-order valence-corrected chi connectivity index (χ3v) is 3.91. The Labute approximate surface area is 143 Å². The molecule has 0 bridgehead atoms. The summed E-state index contributed by atoms with van der Waals surface area (Å²) in [6.45, 7) is 0. The summed E-state index contributed by atoms with van der Waals surface area (Å²) < 4.78 is 5.25. The maximum Gasteiger partial charge on any atom is 0.255 e. The Kier molecular flexibility index (Phi) is 4.48. The minimum absolute atomic E-state index is 0.270. The molecule has 1 atom stereocenters. The van der Waals surface area contributed by atoms with Crippen molar-refractivity contribution in [3.63, 3.8) is 0 Å². The van der Waals surface area contributed by atoms with Gasteiger partial charge in [0.05, 0.1) is 18.7 Å². The molecule has 6 heteroatoms. The first-order valence-electron chi connectivity index (χ1n) is 7.59. The van der Waals surface area contributed by atoms with Gasteiger partial charge in [-0.15, -0.1) is 0 Å². The summed E-state index contributed by atoms with van der Waals surface area (Å²) in [6.07, 6.45) is 1.36. The number of para-hydroxylation sites is 1. The molecule has 1 amide bonds. The number of amides is 1. The highest BCUT2D eigenvalue weighted by Crippen LogP contribution is 2.25. The zero-order valence-electron chi connectivity index (χ0n) is 13.4. The van der Waals surface area contributed by atoms with Gasteiger partial charge in [-0.05, 0) is 12.1 Å². The summed E-state index contributed by atoms with van der Waals surface area (Å²) in [5.74, 6) is 0.0607. The SMILES string of the molecule is COc1ccccc1C(C#N)NC(=O)c1c[nH]c(=O)c2ccccc12. The highest BCUT2D eigenvalue weighted by atomic mass is 16.5. The number of pyridine rings is 1. The Morgan fingerprint density at radius 3 is 2.56 bits per heavy atom. The summed E-state index contributed by atoms with van der Waals surface area (Å²) in [7, 11) is 1.50. The van der Waals surface area contributed by atoms with E-state index in [2.05, 4.69) is 16.4 Å². The van der Waals surface area contributed by atoms with Gasteiger partial charge in [0.2, 0.25) is 0 Å². The van der Waals surface area contributed by atoms with Crippen molar-refractivity contribution in [1.82, 2.24) is 10.3 Å². The Bertz CT molecular complexity index is 1030. The van der Waals surface area contributed by atoms with Crippen molar-refractivity contribution in [1.29, 1.82) is 5.26 Å².